The molecule has 16 heavy (non-hydrogen) atoms. The summed E-state index contributed by atoms with van der Waals surface area (Å²) in [4.78, 5) is 11.3. The summed E-state index contributed by atoms with van der Waals surface area (Å²) < 4.78 is 0. The van der Waals surface area contributed by atoms with Crippen molar-refractivity contribution in [1.82, 2.24) is 10.6 Å². The van der Waals surface area contributed by atoms with Crippen LogP contribution >= 0.6 is 11.6 Å². The van der Waals surface area contributed by atoms with Crippen molar-refractivity contribution < 1.29 is 9.90 Å². The lowest BCUT2D eigenvalue weighted by atomic mass is 10.2. The minimum atomic E-state index is -0.256. The molecular formula is C11H15ClN2O2. The van der Waals surface area contributed by atoms with Crippen molar-refractivity contribution in [2.75, 3.05) is 13.2 Å². The van der Waals surface area contributed by atoms with Crippen LogP contribution < -0.4 is 10.6 Å². The van der Waals surface area contributed by atoms with Gasteiger partial charge in [0.1, 0.15) is 0 Å². The molecule has 88 valence electrons. The summed E-state index contributed by atoms with van der Waals surface area (Å²) in [5.74, 6) is 0. The van der Waals surface area contributed by atoms with Crippen LogP contribution in [0.4, 0.5) is 4.79 Å². The van der Waals surface area contributed by atoms with E-state index in [1.165, 1.54) is 0 Å². The van der Waals surface area contributed by atoms with Gasteiger partial charge in [0.15, 0.2) is 0 Å². The number of aliphatic hydroxyl groups excluding tert-OH is 1. The van der Waals surface area contributed by atoms with Gasteiger partial charge in [-0.2, -0.15) is 0 Å². The fourth-order valence-corrected chi connectivity index (χ4v) is 1.36. The number of amides is 2. The minimum Gasteiger partial charge on any atom is -0.396 e. The van der Waals surface area contributed by atoms with E-state index in [0.717, 1.165) is 5.56 Å². The van der Waals surface area contributed by atoms with Gasteiger partial charge in [0.05, 0.1) is 0 Å². The predicted molar refractivity (Wildman–Crippen MR) is 63.4 cm³/mol. The van der Waals surface area contributed by atoms with Crippen LogP contribution in [-0.2, 0) is 6.54 Å². The van der Waals surface area contributed by atoms with Gasteiger partial charge in [-0.1, -0.05) is 29.8 Å². The molecule has 0 aliphatic heterocycles. The lowest BCUT2D eigenvalue weighted by molar-refractivity contribution is 0.238. The van der Waals surface area contributed by atoms with Crippen molar-refractivity contribution in [1.29, 1.82) is 0 Å². The van der Waals surface area contributed by atoms with Crippen molar-refractivity contribution in [2.45, 2.75) is 13.0 Å². The van der Waals surface area contributed by atoms with Crippen LogP contribution in [0.3, 0.4) is 0 Å². The molecule has 1 aromatic rings. The summed E-state index contributed by atoms with van der Waals surface area (Å²) in [6.45, 7) is 0.931. The first-order valence-electron chi connectivity index (χ1n) is 5.10. The van der Waals surface area contributed by atoms with Gasteiger partial charge in [-0.05, 0) is 18.1 Å². The number of hydrogen-bond acceptors (Lipinski definition) is 2. The maximum Gasteiger partial charge on any atom is 0.315 e. The Balaban J connectivity index is 2.29. The Labute approximate surface area is 99.6 Å². The highest BCUT2D eigenvalue weighted by Crippen LogP contribution is 2.13. The Bertz CT molecular complexity index is 345. The number of rotatable bonds is 5. The predicted octanol–water partition coefficient (Wildman–Crippen LogP) is 1.52. The van der Waals surface area contributed by atoms with E-state index in [9.17, 15) is 4.79 Å². The van der Waals surface area contributed by atoms with Crippen molar-refractivity contribution >= 4 is 17.6 Å². The zero-order valence-electron chi connectivity index (χ0n) is 8.87. The average Bonchev–Trinajstić information content (AvgIpc) is 2.28. The normalized spacial score (nSPS) is 9.88. The Morgan fingerprint density at radius 1 is 1.31 bits per heavy atom. The molecule has 0 unspecified atom stereocenters. The number of urea groups is 1. The molecule has 0 saturated heterocycles. The second-order valence-electron chi connectivity index (χ2n) is 3.28. The Morgan fingerprint density at radius 2 is 2.06 bits per heavy atom. The zero-order chi connectivity index (χ0) is 11.8. The largest absolute Gasteiger partial charge is 0.396 e. The summed E-state index contributed by atoms with van der Waals surface area (Å²) >= 11 is 5.93. The van der Waals surface area contributed by atoms with Gasteiger partial charge in [0.2, 0.25) is 0 Å². The third-order valence-electron chi connectivity index (χ3n) is 2.02. The molecule has 0 spiro atoms. The van der Waals surface area contributed by atoms with E-state index in [2.05, 4.69) is 10.6 Å². The molecule has 0 aromatic heterocycles. The topological polar surface area (TPSA) is 61.4 Å². The standard InChI is InChI=1S/C11H15ClN2O2/c12-10-5-2-1-4-9(10)8-14-11(16)13-6-3-7-15/h1-2,4-5,15H,3,6-8H2,(H2,13,14,16). The molecule has 3 N–H and O–H groups in total. The van der Waals surface area contributed by atoms with Gasteiger partial charge in [0.25, 0.3) is 0 Å². The molecule has 0 fully saturated rings. The first-order chi connectivity index (χ1) is 7.74. The molecule has 5 heteroatoms. The number of hydrogen-bond donors (Lipinski definition) is 3. The van der Waals surface area contributed by atoms with Crippen LogP contribution in [0.25, 0.3) is 0 Å². The molecule has 0 aliphatic rings. The molecule has 0 bridgehead atoms. The second kappa shape index (κ2) is 7.09. The molecule has 0 saturated carbocycles. The highest BCUT2D eigenvalue weighted by Gasteiger charge is 2.01. The number of nitrogens with one attached hydrogen (secondary N) is 2. The van der Waals surface area contributed by atoms with Gasteiger partial charge < -0.3 is 15.7 Å². The van der Waals surface area contributed by atoms with Crippen molar-refractivity contribution in [3.05, 3.63) is 34.9 Å². The molecular weight excluding hydrogens is 228 g/mol. The lowest BCUT2D eigenvalue weighted by Gasteiger charge is -2.07. The average molecular weight is 243 g/mol. The number of carbonyl (C=O) groups excluding carboxylic acids is 1. The van der Waals surface area contributed by atoms with Crippen LogP contribution in [0.2, 0.25) is 5.02 Å². The fourth-order valence-electron chi connectivity index (χ4n) is 1.16. The molecule has 2 amide bonds. The summed E-state index contributed by atoms with van der Waals surface area (Å²) in [6.07, 6.45) is 0.555. The quantitative estimate of drug-likeness (QED) is 0.686. The van der Waals surface area contributed by atoms with Gasteiger partial charge in [-0.25, -0.2) is 4.79 Å². The van der Waals surface area contributed by atoms with Crippen LogP contribution in [0, 0.1) is 0 Å². The Hall–Kier alpha value is -1.26. The smallest absolute Gasteiger partial charge is 0.315 e. The van der Waals surface area contributed by atoms with Gasteiger partial charge in [0, 0.05) is 24.7 Å². The van der Waals surface area contributed by atoms with E-state index in [4.69, 9.17) is 16.7 Å². The van der Waals surface area contributed by atoms with Gasteiger partial charge >= 0.3 is 6.03 Å². The van der Waals surface area contributed by atoms with E-state index < -0.39 is 0 Å². The summed E-state index contributed by atoms with van der Waals surface area (Å²) in [5.41, 5.74) is 0.876. The third kappa shape index (κ3) is 4.51. The monoisotopic (exact) mass is 242 g/mol. The molecule has 0 heterocycles. The van der Waals surface area contributed by atoms with Crippen LogP contribution in [0.5, 0.6) is 0 Å². The van der Waals surface area contributed by atoms with Gasteiger partial charge in [-0.3, -0.25) is 0 Å². The third-order valence-corrected chi connectivity index (χ3v) is 2.39. The van der Waals surface area contributed by atoms with Crippen LogP contribution in [0.15, 0.2) is 24.3 Å². The van der Waals surface area contributed by atoms with E-state index in [1.54, 1.807) is 6.07 Å². The van der Waals surface area contributed by atoms with Crippen LogP contribution in [0.1, 0.15) is 12.0 Å². The molecule has 0 radical (unpaired) electrons. The van der Waals surface area contributed by atoms with Gasteiger partial charge in [-0.15, -0.1) is 0 Å². The van der Waals surface area contributed by atoms with E-state index in [1.807, 2.05) is 18.2 Å². The summed E-state index contributed by atoms with van der Waals surface area (Å²) in [7, 11) is 0. The molecule has 4 nitrogen and oxygen atoms in total. The number of benzene rings is 1. The van der Waals surface area contributed by atoms with E-state index in [-0.39, 0.29) is 12.6 Å². The minimum absolute atomic E-state index is 0.0742. The van der Waals surface area contributed by atoms with Crippen molar-refractivity contribution in [2.24, 2.45) is 0 Å². The first-order valence-corrected chi connectivity index (χ1v) is 5.48. The highest BCUT2D eigenvalue weighted by atomic mass is 35.5. The Kier molecular flexibility index (Phi) is 5.67. The highest BCUT2D eigenvalue weighted by molar-refractivity contribution is 6.31. The first kappa shape index (κ1) is 12.8. The second-order valence-corrected chi connectivity index (χ2v) is 3.69. The maximum atomic E-state index is 11.3. The van der Waals surface area contributed by atoms with E-state index in [0.29, 0.717) is 24.5 Å². The number of aliphatic hydroxyl groups is 1. The molecule has 1 aromatic carbocycles. The van der Waals surface area contributed by atoms with Crippen molar-refractivity contribution in [3.63, 3.8) is 0 Å². The summed E-state index contributed by atoms with van der Waals surface area (Å²) in [6, 6.07) is 7.09. The molecule has 0 atom stereocenters. The Morgan fingerprint density at radius 3 is 2.75 bits per heavy atom. The van der Waals surface area contributed by atoms with Crippen LogP contribution in [-0.4, -0.2) is 24.3 Å². The zero-order valence-corrected chi connectivity index (χ0v) is 9.63. The van der Waals surface area contributed by atoms with Crippen molar-refractivity contribution in [3.8, 4) is 0 Å². The lowest BCUT2D eigenvalue weighted by Crippen LogP contribution is -2.35. The van der Waals surface area contributed by atoms with E-state index >= 15 is 0 Å². The fraction of sp³-hybridized carbons (Fsp3) is 0.364. The SMILES string of the molecule is O=C(NCCCO)NCc1ccccc1Cl. The molecule has 1 rings (SSSR count). The number of halogens is 1. The maximum absolute atomic E-state index is 11.3. The summed E-state index contributed by atoms with van der Waals surface area (Å²) in [5, 5.41) is 14.5. The molecule has 0 aliphatic carbocycles. The number of carbonyl (C=O) groups is 1.